The zero-order chi connectivity index (χ0) is 43.4. The Morgan fingerprint density at radius 1 is 0.820 bits per heavy atom. The standard InChI is InChI=1S/C43H28Cl2F5N3O8/c1-59-27-15-18(16-28(60-2)36(27)54)7-14-24-21-12-13-22-29(39(56)52(38(22)55)20-10-8-19(9-11-20)37-51-25-5-3-4-6-26(25)61-37)23(21)17-42(44)40(57)53(41(58)43(24,42)45)35-33(49)31(47)30(46)32(48)34(35)50/h3-12,14-16,22-24,29,54H,13,17H2,1-2H3/t22-,23+,24-,29-,42+,43-/m0/s1. The molecule has 5 aromatic rings. The molecule has 11 nitrogen and oxygen atoms in total. The average Bonchev–Trinajstić information content (AvgIpc) is 3.85. The third-order valence-corrected chi connectivity index (χ3v) is 13.4. The molecule has 312 valence electrons. The summed E-state index contributed by atoms with van der Waals surface area (Å²) in [6.07, 6.45) is 3.55. The molecule has 4 amide bonds. The first-order chi connectivity index (χ1) is 29.1. The topological polar surface area (TPSA) is 139 Å². The van der Waals surface area contributed by atoms with Gasteiger partial charge in [-0.15, -0.1) is 23.2 Å². The molecule has 18 heteroatoms. The number of aromatic hydroxyl groups is 1. The molecule has 0 spiro atoms. The number of imide groups is 2. The number of amides is 4. The summed E-state index contributed by atoms with van der Waals surface area (Å²) in [5.74, 6) is -21.8. The van der Waals surface area contributed by atoms with Gasteiger partial charge >= 0.3 is 0 Å². The summed E-state index contributed by atoms with van der Waals surface area (Å²) in [7, 11) is 2.55. The smallest absolute Gasteiger partial charge is 0.258 e. The van der Waals surface area contributed by atoms with Gasteiger partial charge < -0.3 is 19.0 Å². The Morgan fingerprint density at radius 3 is 2.07 bits per heavy atom. The van der Waals surface area contributed by atoms with Crippen molar-refractivity contribution in [3.05, 3.63) is 113 Å². The molecule has 9 rings (SSSR count). The van der Waals surface area contributed by atoms with Crippen LogP contribution in [0.1, 0.15) is 18.4 Å². The van der Waals surface area contributed by atoms with Crippen LogP contribution in [0.25, 0.3) is 28.6 Å². The first kappa shape index (κ1) is 40.2. The molecule has 0 unspecified atom stereocenters. The summed E-state index contributed by atoms with van der Waals surface area (Å²) < 4.78 is 90.5. The van der Waals surface area contributed by atoms with Crippen LogP contribution in [0.2, 0.25) is 0 Å². The number of rotatable bonds is 7. The minimum atomic E-state index is -2.71. The van der Waals surface area contributed by atoms with Gasteiger partial charge in [0.2, 0.25) is 29.3 Å². The summed E-state index contributed by atoms with van der Waals surface area (Å²) in [6.45, 7) is 0. The Kier molecular flexibility index (Phi) is 9.32. The Bertz CT molecular complexity index is 2750. The maximum absolute atomic E-state index is 15.4. The van der Waals surface area contributed by atoms with Crippen molar-refractivity contribution in [1.82, 2.24) is 4.98 Å². The van der Waals surface area contributed by atoms with Gasteiger partial charge in [0.05, 0.1) is 31.7 Å². The number of oxazole rings is 1. The Balaban J connectivity index is 1.14. The molecule has 4 aromatic carbocycles. The number of halogens is 7. The van der Waals surface area contributed by atoms with Crippen LogP contribution < -0.4 is 19.3 Å². The number of carbonyl (C=O) groups is 4. The van der Waals surface area contributed by atoms with Gasteiger partial charge in [-0.05, 0) is 72.9 Å². The summed E-state index contributed by atoms with van der Waals surface area (Å²) in [5.41, 5.74) is 0.566. The molecule has 1 aromatic heterocycles. The lowest BCUT2D eigenvalue weighted by atomic mass is 9.57. The van der Waals surface area contributed by atoms with E-state index in [9.17, 15) is 37.5 Å². The van der Waals surface area contributed by atoms with Crippen LogP contribution in [0.5, 0.6) is 17.2 Å². The number of hydrogen-bond donors (Lipinski definition) is 1. The molecule has 2 aliphatic carbocycles. The van der Waals surface area contributed by atoms with Crippen LogP contribution in [-0.4, -0.2) is 57.7 Å². The average molecular weight is 881 g/mol. The number of benzene rings is 4. The summed E-state index contributed by atoms with van der Waals surface area (Å²) in [6, 6.07) is 16.2. The third kappa shape index (κ3) is 5.57. The van der Waals surface area contributed by atoms with Gasteiger partial charge in [0.1, 0.15) is 11.2 Å². The van der Waals surface area contributed by atoms with Crippen LogP contribution >= 0.6 is 23.2 Å². The molecule has 4 aliphatic rings. The molecule has 1 N–H and O–H groups in total. The quantitative estimate of drug-likeness (QED) is 0.0428. The van der Waals surface area contributed by atoms with Gasteiger partial charge in [-0.1, -0.05) is 35.9 Å². The van der Waals surface area contributed by atoms with E-state index in [0.29, 0.717) is 22.6 Å². The highest BCUT2D eigenvalue weighted by atomic mass is 35.5. The lowest BCUT2D eigenvalue weighted by Crippen LogP contribution is -2.60. The minimum absolute atomic E-state index is 0.0332. The number of aromatic nitrogens is 1. The van der Waals surface area contributed by atoms with Crippen molar-refractivity contribution in [2.75, 3.05) is 24.0 Å². The molecule has 0 radical (unpaired) electrons. The summed E-state index contributed by atoms with van der Waals surface area (Å²) >= 11 is 14.4. The number of fused-ring (bicyclic) bond motifs is 5. The number of para-hydroxylation sites is 2. The normalized spacial score (nSPS) is 26.0. The van der Waals surface area contributed by atoms with Crippen LogP contribution in [0.3, 0.4) is 0 Å². The molecule has 2 aliphatic heterocycles. The van der Waals surface area contributed by atoms with Crippen molar-refractivity contribution in [1.29, 1.82) is 0 Å². The monoisotopic (exact) mass is 879 g/mol. The molecule has 61 heavy (non-hydrogen) atoms. The minimum Gasteiger partial charge on any atom is -0.502 e. The predicted octanol–water partition coefficient (Wildman–Crippen LogP) is 8.23. The SMILES string of the molecule is COc1cc(C=C[C@H]2C3=CC[C@@H]4C(=O)N(c5ccc(-c6nc7ccccc7o6)cc5)C(=O)[C@@H]4[C@@H]3C[C@@]3(Cl)C(=O)N(c4c(F)c(F)c(F)c(F)c4F)C(=O)[C@@]23Cl)cc(OC)c1O. The largest absolute Gasteiger partial charge is 0.502 e. The molecular weight excluding hydrogens is 852 g/mol. The highest BCUT2D eigenvalue weighted by molar-refractivity contribution is 6.58. The lowest BCUT2D eigenvalue weighted by molar-refractivity contribution is -0.125. The second-order valence-corrected chi connectivity index (χ2v) is 16.2. The number of methoxy groups -OCH3 is 2. The van der Waals surface area contributed by atoms with Crippen LogP contribution in [0.15, 0.2) is 82.8 Å². The molecular formula is C43H28Cl2F5N3O8. The number of ether oxygens (including phenoxy) is 2. The maximum Gasteiger partial charge on any atom is 0.258 e. The van der Waals surface area contributed by atoms with Gasteiger partial charge in [0.25, 0.3) is 11.8 Å². The molecule has 3 fully saturated rings. The van der Waals surface area contributed by atoms with E-state index < -0.39 is 98.2 Å². The number of phenolic OH excluding ortho intramolecular Hbond substituents is 1. The number of hydrogen-bond acceptors (Lipinski definition) is 9. The molecule has 2 saturated heterocycles. The van der Waals surface area contributed by atoms with Crippen molar-refractivity contribution in [3.63, 3.8) is 0 Å². The second kappa shape index (κ2) is 14.2. The first-order valence-electron chi connectivity index (χ1n) is 18.5. The van der Waals surface area contributed by atoms with Crippen molar-refractivity contribution < 1.29 is 60.1 Å². The number of alkyl halides is 2. The highest BCUT2D eigenvalue weighted by Crippen LogP contribution is 2.64. The number of carbonyl (C=O) groups excluding carboxylic acids is 4. The molecule has 6 atom stereocenters. The Hall–Kier alpha value is -6.26. The third-order valence-electron chi connectivity index (χ3n) is 11.9. The zero-order valence-corrected chi connectivity index (χ0v) is 33.0. The predicted molar refractivity (Wildman–Crippen MR) is 209 cm³/mol. The maximum atomic E-state index is 15.4. The van der Waals surface area contributed by atoms with E-state index in [4.69, 9.17) is 37.1 Å². The van der Waals surface area contributed by atoms with Crippen molar-refractivity contribution in [3.8, 4) is 28.7 Å². The van der Waals surface area contributed by atoms with Gasteiger partial charge in [-0.3, -0.25) is 24.1 Å². The number of nitrogens with zero attached hydrogens (tertiary/aromatic N) is 3. The fraction of sp³-hybridized carbons (Fsp3) is 0.233. The second-order valence-electron chi connectivity index (χ2n) is 14.9. The number of allylic oxidation sites excluding steroid dienone is 3. The van der Waals surface area contributed by atoms with Crippen molar-refractivity contribution in [2.24, 2.45) is 23.7 Å². The van der Waals surface area contributed by atoms with Gasteiger partial charge in [0.15, 0.2) is 50.1 Å². The van der Waals surface area contributed by atoms with E-state index >= 15 is 8.78 Å². The summed E-state index contributed by atoms with van der Waals surface area (Å²) in [5, 5.41) is 10.5. The van der Waals surface area contributed by atoms with Crippen LogP contribution in [0, 0.1) is 52.8 Å². The van der Waals surface area contributed by atoms with E-state index in [0.717, 1.165) is 4.90 Å². The molecule has 3 heterocycles. The first-order valence-corrected chi connectivity index (χ1v) is 19.3. The highest BCUT2D eigenvalue weighted by Gasteiger charge is 2.76. The van der Waals surface area contributed by atoms with E-state index in [1.54, 1.807) is 42.5 Å². The summed E-state index contributed by atoms with van der Waals surface area (Å²) in [4.78, 5) is 57.5. The van der Waals surface area contributed by atoms with Crippen LogP contribution in [-0.2, 0) is 19.2 Å². The fourth-order valence-corrected chi connectivity index (χ4v) is 9.93. The van der Waals surface area contributed by atoms with Crippen molar-refractivity contribution in [2.45, 2.75) is 22.6 Å². The van der Waals surface area contributed by atoms with Gasteiger partial charge in [-0.2, -0.15) is 0 Å². The van der Waals surface area contributed by atoms with Gasteiger partial charge in [-0.25, -0.2) is 31.8 Å². The van der Waals surface area contributed by atoms with Crippen molar-refractivity contribution >= 4 is 75.4 Å². The zero-order valence-electron chi connectivity index (χ0n) is 31.5. The number of anilines is 2. The van der Waals surface area contributed by atoms with E-state index in [2.05, 4.69) is 4.98 Å². The number of phenols is 1. The lowest BCUT2D eigenvalue weighted by Gasteiger charge is -2.49. The molecule has 1 saturated carbocycles. The van der Waals surface area contributed by atoms with Gasteiger partial charge in [0, 0.05) is 11.5 Å². The molecule has 0 bridgehead atoms. The Morgan fingerprint density at radius 2 is 1.44 bits per heavy atom. The van der Waals surface area contributed by atoms with E-state index in [1.165, 1.54) is 50.6 Å². The Labute approximate surface area is 351 Å². The fourth-order valence-electron chi connectivity index (χ4n) is 9.04. The van der Waals surface area contributed by atoms with E-state index in [1.807, 2.05) is 0 Å². The van der Waals surface area contributed by atoms with E-state index in [-0.39, 0.29) is 45.4 Å². The van der Waals surface area contributed by atoms with Crippen LogP contribution in [0.4, 0.5) is 33.3 Å².